The molecule has 1 unspecified atom stereocenters. The van der Waals surface area contributed by atoms with E-state index < -0.39 is 0 Å². The minimum atomic E-state index is 0.854. The van der Waals surface area contributed by atoms with Crippen LogP contribution in [0.15, 0.2) is 0 Å². The Morgan fingerprint density at radius 2 is 1.25 bits per heavy atom. The number of unbranched alkanes of at least 4 members (excludes halogenated alkanes) is 4. The summed E-state index contributed by atoms with van der Waals surface area (Å²) in [6, 6.07) is 0. The van der Waals surface area contributed by atoms with E-state index in [1.165, 1.54) is 64.2 Å². The molecule has 0 saturated heterocycles. The van der Waals surface area contributed by atoms with Gasteiger partial charge in [-0.15, -0.1) is 0 Å². The molecule has 1 atom stereocenters. The van der Waals surface area contributed by atoms with Crippen molar-refractivity contribution in [2.24, 2.45) is 17.4 Å². The molecule has 0 aromatic rings. The molecule has 0 saturated carbocycles. The van der Waals surface area contributed by atoms with Gasteiger partial charge in [-0.05, 0) is 38.3 Å². The molecule has 0 fully saturated rings. The Kier molecular flexibility index (Phi) is 12.9. The monoisotopic (exact) mass is 228 g/mol. The summed E-state index contributed by atoms with van der Waals surface area (Å²) in [5, 5.41) is 0. The average Bonchev–Trinajstić information content (AvgIpc) is 2.31. The fraction of sp³-hybridized carbons (Fsp3) is 1.00. The fourth-order valence-corrected chi connectivity index (χ4v) is 2.26. The van der Waals surface area contributed by atoms with Crippen molar-refractivity contribution in [2.45, 2.75) is 71.1 Å². The maximum Gasteiger partial charge on any atom is -0.00772 e. The van der Waals surface area contributed by atoms with Crippen LogP contribution in [0.2, 0.25) is 0 Å². The average molecular weight is 228 g/mol. The van der Waals surface area contributed by atoms with E-state index in [4.69, 9.17) is 11.5 Å². The Balaban J connectivity index is 3.48. The molecule has 2 heteroatoms. The SMILES string of the molecule is CCCCC(CCCN)CCCCCCN. The highest BCUT2D eigenvalue weighted by atomic mass is 14.5. The molecule has 0 spiro atoms. The Morgan fingerprint density at radius 3 is 1.88 bits per heavy atom. The van der Waals surface area contributed by atoms with Gasteiger partial charge < -0.3 is 11.5 Å². The number of hydrogen-bond donors (Lipinski definition) is 2. The molecule has 0 rings (SSSR count). The number of nitrogens with two attached hydrogens (primary N) is 2. The lowest BCUT2D eigenvalue weighted by Gasteiger charge is -2.16. The molecule has 98 valence electrons. The second-order valence-corrected chi connectivity index (χ2v) is 4.93. The first-order chi connectivity index (χ1) is 7.85. The van der Waals surface area contributed by atoms with Crippen molar-refractivity contribution < 1.29 is 0 Å². The van der Waals surface area contributed by atoms with Crippen LogP contribution in [0, 0.1) is 5.92 Å². The van der Waals surface area contributed by atoms with Crippen molar-refractivity contribution in [1.82, 2.24) is 0 Å². The van der Waals surface area contributed by atoms with Gasteiger partial charge in [0.05, 0.1) is 0 Å². The van der Waals surface area contributed by atoms with Gasteiger partial charge >= 0.3 is 0 Å². The Morgan fingerprint density at radius 1 is 0.688 bits per heavy atom. The van der Waals surface area contributed by atoms with E-state index in [2.05, 4.69) is 6.92 Å². The van der Waals surface area contributed by atoms with E-state index in [-0.39, 0.29) is 0 Å². The second-order valence-electron chi connectivity index (χ2n) is 4.93. The minimum Gasteiger partial charge on any atom is -0.330 e. The first-order valence-corrected chi connectivity index (χ1v) is 7.25. The van der Waals surface area contributed by atoms with Gasteiger partial charge in [0.1, 0.15) is 0 Å². The van der Waals surface area contributed by atoms with Crippen molar-refractivity contribution in [1.29, 1.82) is 0 Å². The summed E-state index contributed by atoms with van der Waals surface area (Å²) in [7, 11) is 0. The normalized spacial score (nSPS) is 12.9. The molecule has 4 N–H and O–H groups in total. The van der Waals surface area contributed by atoms with Gasteiger partial charge in [-0.3, -0.25) is 0 Å². The molecule has 0 aliphatic rings. The third kappa shape index (κ3) is 10.4. The van der Waals surface area contributed by atoms with Crippen LogP contribution in [-0.2, 0) is 0 Å². The third-order valence-electron chi connectivity index (χ3n) is 3.35. The highest BCUT2D eigenvalue weighted by molar-refractivity contribution is 4.61. The molecule has 0 radical (unpaired) electrons. The minimum absolute atomic E-state index is 0.854. The van der Waals surface area contributed by atoms with Crippen molar-refractivity contribution in [3.8, 4) is 0 Å². The van der Waals surface area contributed by atoms with Crippen molar-refractivity contribution in [2.75, 3.05) is 13.1 Å². The van der Waals surface area contributed by atoms with E-state index in [9.17, 15) is 0 Å². The lowest BCUT2D eigenvalue weighted by Crippen LogP contribution is -2.06. The largest absolute Gasteiger partial charge is 0.330 e. The zero-order valence-corrected chi connectivity index (χ0v) is 11.2. The molecule has 0 aromatic carbocycles. The highest BCUT2D eigenvalue weighted by Crippen LogP contribution is 2.21. The molecule has 0 bridgehead atoms. The summed E-state index contributed by atoms with van der Waals surface area (Å²) in [6.07, 6.45) is 13.3. The van der Waals surface area contributed by atoms with Crippen LogP contribution in [0.1, 0.15) is 71.1 Å². The first-order valence-electron chi connectivity index (χ1n) is 7.25. The zero-order chi connectivity index (χ0) is 12.1. The van der Waals surface area contributed by atoms with Crippen molar-refractivity contribution in [3.63, 3.8) is 0 Å². The van der Waals surface area contributed by atoms with Crippen LogP contribution in [0.3, 0.4) is 0 Å². The van der Waals surface area contributed by atoms with Gasteiger partial charge in [0.25, 0.3) is 0 Å². The molecule has 16 heavy (non-hydrogen) atoms. The number of hydrogen-bond acceptors (Lipinski definition) is 2. The smallest absolute Gasteiger partial charge is 0.00772 e. The molecule has 0 amide bonds. The Bertz CT molecular complexity index is 118. The number of rotatable bonds is 12. The van der Waals surface area contributed by atoms with E-state index in [1.54, 1.807) is 0 Å². The molecule has 0 aliphatic carbocycles. The van der Waals surface area contributed by atoms with Gasteiger partial charge in [-0.25, -0.2) is 0 Å². The molecular weight excluding hydrogens is 196 g/mol. The van der Waals surface area contributed by atoms with Crippen LogP contribution < -0.4 is 11.5 Å². The Hall–Kier alpha value is -0.0800. The predicted octanol–water partition coefficient (Wildman–Crippen LogP) is 3.44. The second kappa shape index (κ2) is 13.0. The molecular formula is C14H32N2. The fourth-order valence-electron chi connectivity index (χ4n) is 2.26. The summed E-state index contributed by atoms with van der Waals surface area (Å²) < 4.78 is 0. The van der Waals surface area contributed by atoms with Gasteiger partial charge in [0.2, 0.25) is 0 Å². The standard InChI is InChI=1S/C14H32N2/c1-2-3-9-14(11-8-13-16)10-6-4-5-7-12-15/h14H,2-13,15-16H2,1H3. The van der Waals surface area contributed by atoms with E-state index >= 15 is 0 Å². The summed E-state index contributed by atoms with van der Waals surface area (Å²) in [5.41, 5.74) is 11.1. The van der Waals surface area contributed by atoms with E-state index in [1.807, 2.05) is 0 Å². The van der Waals surface area contributed by atoms with Gasteiger partial charge in [0, 0.05) is 0 Å². The third-order valence-corrected chi connectivity index (χ3v) is 3.35. The summed E-state index contributed by atoms with van der Waals surface area (Å²) in [5.74, 6) is 0.932. The van der Waals surface area contributed by atoms with Crippen LogP contribution in [-0.4, -0.2) is 13.1 Å². The maximum absolute atomic E-state index is 5.59. The predicted molar refractivity (Wildman–Crippen MR) is 73.4 cm³/mol. The first kappa shape index (κ1) is 15.9. The molecule has 0 heterocycles. The molecule has 0 aromatic heterocycles. The lowest BCUT2D eigenvalue weighted by molar-refractivity contribution is 0.380. The summed E-state index contributed by atoms with van der Waals surface area (Å²) in [4.78, 5) is 0. The Labute approximate surface area is 102 Å². The zero-order valence-electron chi connectivity index (χ0n) is 11.2. The summed E-state index contributed by atoms with van der Waals surface area (Å²) >= 11 is 0. The van der Waals surface area contributed by atoms with Gasteiger partial charge in [-0.1, -0.05) is 51.9 Å². The van der Waals surface area contributed by atoms with Crippen LogP contribution in [0.4, 0.5) is 0 Å². The van der Waals surface area contributed by atoms with Crippen molar-refractivity contribution in [3.05, 3.63) is 0 Å². The molecule has 2 nitrogen and oxygen atoms in total. The van der Waals surface area contributed by atoms with Gasteiger partial charge in [0.15, 0.2) is 0 Å². The maximum atomic E-state index is 5.59. The van der Waals surface area contributed by atoms with Crippen LogP contribution in [0.5, 0.6) is 0 Å². The van der Waals surface area contributed by atoms with Crippen LogP contribution in [0.25, 0.3) is 0 Å². The van der Waals surface area contributed by atoms with E-state index in [0.29, 0.717) is 0 Å². The summed E-state index contributed by atoms with van der Waals surface area (Å²) in [6.45, 7) is 3.99. The topological polar surface area (TPSA) is 52.0 Å². The van der Waals surface area contributed by atoms with Crippen LogP contribution >= 0.6 is 0 Å². The lowest BCUT2D eigenvalue weighted by atomic mass is 9.91. The quantitative estimate of drug-likeness (QED) is 0.503. The highest BCUT2D eigenvalue weighted by Gasteiger charge is 2.07. The molecule has 0 aliphatic heterocycles. The van der Waals surface area contributed by atoms with E-state index in [0.717, 1.165) is 19.0 Å². The van der Waals surface area contributed by atoms with Crippen molar-refractivity contribution >= 4 is 0 Å². The van der Waals surface area contributed by atoms with Gasteiger partial charge in [-0.2, -0.15) is 0 Å².